The number of halogens is 1. The van der Waals surface area contributed by atoms with Crippen molar-refractivity contribution in [3.8, 4) is 5.75 Å². The van der Waals surface area contributed by atoms with Crippen molar-refractivity contribution in [1.82, 2.24) is 0 Å². The Labute approximate surface area is 132 Å². The molecule has 0 aliphatic rings. The number of nitrogens with one attached hydrogen (secondary N) is 1. The van der Waals surface area contributed by atoms with Crippen LogP contribution in [-0.4, -0.2) is 12.5 Å². The molecule has 0 aliphatic heterocycles. The Morgan fingerprint density at radius 3 is 2.67 bits per heavy atom. The van der Waals surface area contributed by atoms with Crippen LogP contribution in [0.15, 0.2) is 46.9 Å². The van der Waals surface area contributed by atoms with Gasteiger partial charge in [0.1, 0.15) is 5.75 Å². The minimum Gasteiger partial charge on any atom is -0.493 e. The maximum Gasteiger partial charge on any atom is 0.227 e. The van der Waals surface area contributed by atoms with E-state index in [1.54, 1.807) is 24.3 Å². The molecule has 0 bridgehead atoms. The van der Waals surface area contributed by atoms with Crippen LogP contribution in [0.1, 0.15) is 12.0 Å². The zero-order valence-corrected chi connectivity index (χ0v) is 13.3. The molecule has 2 rings (SSSR count). The van der Waals surface area contributed by atoms with Crippen LogP contribution in [0, 0.1) is 6.92 Å². The molecule has 2 aromatic carbocycles. The Hall–Kier alpha value is -2.01. The van der Waals surface area contributed by atoms with Gasteiger partial charge in [0, 0.05) is 10.2 Å². The van der Waals surface area contributed by atoms with E-state index in [9.17, 15) is 4.79 Å². The highest BCUT2D eigenvalue weighted by atomic mass is 79.9. The Bertz CT molecular complexity index is 627. The zero-order chi connectivity index (χ0) is 15.2. The van der Waals surface area contributed by atoms with E-state index >= 15 is 0 Å². The summed E-state index contributed by atoms with van der Waals surface area (Å²) < 4.78 is 6.40. The molecule has 4 nitrogen and oxygen atoms in total. The molecule has 0 atom stereocenters. The number of ether oxygens (including phenoxy) is 1. The average Bonchev–Trinajstić information content (AvgIpc) is 2.46. The third-order valence-corrected chi connectivity index (χ3v) is 4.00. The van der Waals surface area contributed by atoms with Gasteiger partial charge in [0.2, 0.25) is 5.91 Å². The quantitative estimate of drug-likeness (QED) is 0.808. The summed E-state index contributed by atoms with van der Waals surface area (Å²) in [7, 11) is 0. The summed E-state index contributed by atoms with van der Waals surface area (Å²) in [4.78, 5) is 11.9. The molecule has 0 unspecified atom stereocenters. The Balaban J connectivity index is 1.82. The lowest BCUT2D eigenvalue weighted by Gasteiger charge is -2.10. The number of nitrogen functional groups attached to an aromatic ring is 1. The van der Waals surface area contributed by atoms with Gasteiger partial charge in [0.05, 0.1) is 18.7 Å². The monoisotopic (exact) mass is 348 g/mol. The molecule has 0 fully saturated rings. The van der Waals surface area contributed by atoms with E-state index in [0.717, 1.165) is 15.7 Å². The summed E-state index contributed by atoms with van der Waals surface area (Å²) in [6.45, 7) is 2.29. The third-order valence-electron chi connectivity index (χ3n) is 2.94. The van der Waals surface area contributed by atoms with Crippen molar-refractivity contribution in [2.75, 3.05) is 17.7 Å². The van der Waals surface area contributed by atoms with Crippen LogP contribution in [0.4, 0.5) is 11.4 Å². The first-order chi connectivity index (χ1) is 10.1. The Morgan fingerprint density at radius 2 is 1.95 bits per heavy atom. The second-order valence-electron chi connectivity index (χ2n) is 4.65. The molecule has 21 heavy (non-hydrogen) atoms. The lowest BCUT2D eigenvalue weighted by Crippen LogP contribution is -2.15. The van der Waals surface area contributed by atoms with E-state index in [2.05, 4.69) is 21.2 Å². The molecule has 110 valence electrons. The topological polar surface area (TPSA) is 64.3 Å². The van der Waals surface area contributed by atoms with Crippen LogP contribution in [0.5, 0.6) is 5.75 Å². The van der Waals surface area contributed by atoms with Gasteiger partial charge in [-0.1, -0.05) is 12.1 Å². The van der Waals surface area contributed by atoms with Gasteiger partial charge in [-0.3, -0.25) is 4.79 Å². The number of carbonyl (C=O) groups is 1. The van der Waals surface area contributed by atoms with Crippen molar-refractivity contribution in [3.05, 3.63) is 52.5 Å². The number of anilines is 2. The number of hydrogen-bond donors (Lipinski definition) is 2. The van der Waals surface area contributed by atoms with Crippen molar-refractivity contribution in [2.24, 2.45) is 0 Å². The van der Waals surface area contributed by atoms with Gasteiger partial charge in [-0.2, -0.15) is 0 Å². The lowest BCUT2D eigenvalue weighted by atomic mass is 10.2. The van der Waals surface area contributed by atoms with Crippen LogP contribution >= 0.6 is 15.9 Å². The highest BCUT2D eigenvalue weighted by molar-refractivity contribution is 9.10. The van der Waals surface area contributed by atoms with E-state index in [1.165, 1.54) is 0 Å². The smallest absolute Gasteiger partial charge is 0.227 e. The van der Waals surface area contributed by atoms with E-state index in [1.807, 2.05) is 25.1 Å². The lowest BCUT2D eigenvalue weighted by molar-refractivity contribution is -0.116. The molecule has 0 radical (unpaired) electrons. The highest BCUT2D eigenvalue weighted by Crippen LogP contribution is 2.25. The second kappa shape index (κ2) is 7.13. The Morgan fingerprint density at radius 1 is 1.24 bits per heavy atom. The van der Waals surface area contributed by atoms with Crippen molar-refractivity contribution >= 4 is 33.2 Å². The van der Waals surface area contributed by atoms with E-state index in [0.29, 0.717) is 18.0 Å². The fourth-order valence-corrected chi connectivity index (χ4v) is 2.15. The highest BCUT2D eigenvalue weighted by Gasteiger charge is 2.07. The van der Waals surface area contributed by atoms with Gasteiger partial charge in [0.15, 0.2) is 0 Å². The van der Waals surface area contributed by atoms with Crippen molar-refractivity contribution in [3.63, 3.8) is 0 Å². The average molecular weight is 349 g/mol. The molecule has 0 saturated carbocycles. The summed E-state index contributed by atoms with van der Waals surface area (Å²) in [6, 6.07) is 12.8. The molecule has 1 amide bonds. The SMILES string of the molecule is Cc1cccc(NC(=O)CCOc2ccc(N)cc2)c1Br. The first kappa shape index (κ1) is 15.4. The molecule has 0 saturated heterocycles. The number of benzene rings is 2. The molecule has 0 heterocycles. The number of hydrogen-bond acceptors (Lipinski definition) is 3. The molecule has 0 aliphatic carbocycles. The molecule has 0 spiro atoms. The fraction of sp³-hybridized carbons (Fsp3) is 0.188. The van der Waals surface area contributed by atoms with Gasteiger partial charge >= 0.3 is 0 Å². The Kier molecular flexibility index (Phi) is 5.22. The number of rotatable bonds is 5. The van der Waals surface area contributed by atoms with Crippen LogP contribution in [0.2, 0.25) is 0 Å². The van der Waals surface area contributed by atoms with Crippen molar-refractivity contribution < 1.29 is 9.53 Å². The van der Waals surface area contributed by atoms with Crippen LogP contribution < -0.4 is 15.8 Å². The fourth-order valence-electron chi connectivity index (χ4n) is 1.78. The summed E-state index contributed by atoms with van der Waals surface area (Å²) in [5.41, 5.74) is 8.12. The molecular formula is C16H17BrN2O2. The maximum atomic E-state index is 11.9. The molecule has 3 N–H and O–H groups in total. The number of carbonyl (C=O) groups excluding carboxylic acids is 1. The summed E-state index contributed by atoms with van der Waals surface area (Å²) in [5, 5.41) is 2.86. The van der Waals surface area contributed by atoms with Crippen molar-refractivity contribution in [1.29, 1.82) is 0 Å². The zero-order valence-electron chi connectivity index (χ0n) is 11.7. The van der Waals surface area contributed by atoms with Gasteiger partial charge in [0.25, 0.3) is 0 Å². The predicted molar refractivity (Wildman–Crippen MR) is 88.5 cm³/mol. The van der Waals surface area contributed by atoms with E-state index < -0.39 is 0 Å². The van der Waals surface area contributed by atoms with E-state index in [4.69, 9.17) is 10.5 Å². The maximum absolute atomic E-state index is 11.9. The standard InChI is InChI=1S/C16H17BrN2O2/c1-11-3-2-4-14(16(11)17)19-15(20)9-10-21-13-7-5-12(18)6-8-13/h2-8H,9-10,18H2,1H3,(H,19,20). The van der Waals surface area contributed by atoms with Gasteiger partial charge < -0.3 is 15.8 Å². The number of aryl methyl sites for hydroxylation is 1. The second-order valence-corrected chi connectivity index (χ2v) is 5.45. The minimum absolute atomic E-state index is 0.0863. The molecule has 0 aromatic heterocycles. The molecule has 2 aromatic rings. The third kappa shape index (κ3) is 4.49. The predicted octanol–water partition coefficient (Wildman–Crippen LogP) is 3.75. The molecular weight excluding hydrogens is 332 g/mol. The number of amides is 1. The summed E-state index contributed by atoms with van der Waals surface area (Å²) >= 11 is 3.46. The van der Waals surface area contributed by atoms with Gasteiger partial charge in [-0.05, 0) is 58.7 Å². The van der Waals surface area contributed by atoms with Crippen LogP contribution in [0.3, 0.4) is 0 Å². The van der Waals surface area contributed by atoms with Gasteiger partial charge in [-0.25, -0.2) is 0 Å². The van der Waals surface area contributed by atoms with E-state index in [-0.39, 0.29) is 12.3 Å². The van der Waals surface area contributed by atoms with Crippen LogP contribution in [0.25, 0.3) is 0 Å². The first-order valence-corrected chi connectivity index (χ1v) is 7.39. The molecule has 5 heteroatoms. The van der Waals surface area contributed by atoms with Crippen molar-refractivity contribution in [2.45, 2.75) is 13.3 Å². The number of nitrogens with two attached hydrogens (primary N) is 1. The minimum atomic E-state index is -0.0863. The normalized spacial score (nSPS) is 10.2. The summed E-state index contributed by atoms with van der Waals surface area (Å²) in [6.07, 6.45) is 0.282. The first-order valence-electron chi connectivity index (χ1n) is 6.59. The largest absolute Gasteiger partial charge is 0.493 e. The summed E-state index contributed by atoms with van der Waals surface area (Å²) in [5.74, 6) is 0.616. The van der Waals surface area contributed by atoms with Crippen LogP contribution in [-0.2, 0) is 4.79 Å². The van der Waals surface area contributed by atoms with Gasteiger partial charge in [-0.15, -0.1) is 0 Å².